The van der Waals surface area contributed by atoms with Crippen molar-refractivity contribution in [1.82, 2.24) is 42.5 Å². The Balaban J connectivity index is 5.69. The summed E-state index contributed by atoms with van der Waals surface area (Å²) in [5.74, 6) is -10.5. The molecule has 0 rings (SSSR count). The van der Waals surface area contributed by atoms with Gasteiger partial charge in [0.2, 0.25) is 47.3 Å². The molecule has 0 bridgehead atoms. The van der Waals surface area contributed by atoms with Crippen molar-refractivity contribution in [3.05, 3.63) is 0 Å². The number of aliphatic carboxylic acids is 1. The summed E-state index contributed by atoms with van der Waals surface area (Å²) in [6, 6.07) is -11.1. The van der Waals surface area contributed by atoms with E-state index in [0.29, 0.717) is 6.42 Å². The lowest BCUT2D eigenvalue weighted by Gasteiger charge is -2.26. The highest BCUT2D eigenvalue weighted by atomic mass is 16.4. The molecule has 0 unspecified atom stereocenters. The summed E-state index contributed by atoms with van der Waals surface area (Å²) < 4.78 is 0. The molecule has 0 aromatic heterocycles. The van der Waals surface area contributed by atoms with E-state index >= 15 is 0 Å². The van der Waals surface area contributed by atoms with Gasteiger partial charge in [0.05, 0.1) is 44.6 Å². The fraction of sp³-hybridized carbons (Fsp3) is 0.667. The third-order valence-electron chi connectivity index (χ3n) is 9.08. The van der Waals surface area contributed by atoms with E-state index in [1.54, 1.807) is 0 Å². The third-order valence-corrected chi connectivity index (χ3v) is 9.08. The van der Waals surface area contributed by atoms with Gasteiger partial charge in [-0.2, -0.15) is 0 Å². The van der Waals surface area contributed by atoms with E-state index in [4.69, 9.17) is 40.1 Å². The minimum absolute atomic E-state index is 0.0403. The average molecular weight is 977 g/mol. The molecule has 9 atom stereocenters. The van der Waals surface area contributed by atoms with E-state index in [1.807, 2.05) is 0 Å². The lowest BCUT2D eigenvalue weighted by molar-refractivity contribution is -0.143. The zero-order valence-electron chi connectivity index (χ0n) is 37.7. The van der Waals surface area contributed by atoms with Crippen LogP contribution in [0.15, 0.2) is 15.0 Å². The van der Waals surface area contributed by atoms with Crippen molar-refractivity contribution in [3.63, 3.8) is 0 Å². The van der Waals surface area contributed by atoms with Crippen LogP contribution in [0, 0.1) is 0 Å². The summed E-state index contributed by atoms with van der Waals surface area (Å²) in [5.41, 5.74) is 37.5. The van der Waals surface area contributed by atoms with Crippen LogP contribution in [0.4, 0.5) is 0 Å². The zero-order chi connectivity index (χ0) is 52.1. The maximum atomic E-state index is 13.4. The standard InChI is InChI=1S/C36H68N18O14/c1-16(57)25(53-24(60)13-47-27(61)18(37)6-3-9-44-34(38)39)31(65)50-19(7-4-10-45-35(40)41)29(63)52-21(14-55)28(62)48-12-23(59)49-22(15-56)30(64)54-26(17(2)58)32(66)51-20(33(67)68)8-5-11-46-36(42)43/h16-22,25-26,55-58H,3-15,37H2,1-2H3,(H,47,61)(H,48,62)(H,49,59)(H,50,65)(H,51,66)(H,52,63)(H,53,60)(H,54,64)(H,67,68)(H4,38,39,44)(H4,40,41,45)(H4,42,43,46)/t16-,17-,18+,19+,20+,21+,22+,25+,26+/m1/s1. The first-order valence-corrected chi connectivity index (χ1v) is 20.9. The Bertz CT molecular complexity index is 1790. The predicted molar refractivity (Wildman–Crippen MR) is 240 cm³/mol. The van der Waals surface area contributed by atoms with Gasteiger partial charge in [-0.3, -0.25) is 53.3 Å². The normalized spacial score (nSPS) is 14.7. The fourth-order valence-electron chi connectivity index (χ4n) is 5.49. The second kappa shape index (κ2) is 32.5. The number of guanidine groups is 3. The maximum Gasteiger partial charge on any atom is 0.326 e. The van der Waals surface area contributed by atoms with Crippen molar-refractivity contribution >= 4 is 71.1 Å². The highest BCUT2D eigenvalue weighted by Gasteiger charge is 2.34. The van der Waals surface area contributed by atoms with Crippen molar-refractivity contribution in [3.8, 4) is 0 Å². The second-order valence-corrected chi connectivity index (χ2v) is 14.9. The SMILES string of the molecule is C[C@@H](O)[C@H](NC(=O)CNC(=O)[C@@H](N)CCCN=C(N)N)C(=O)N[C@@H](CCCN=C(N)N)C(=O)N[C@@H](CO)C(=O)NCC(=O)N[C@@H](CO)C(=O)N[C@H](C(=O)N[C@@H](CCCN=C(N)N)C(=O)O)[C@@H](C)O. The van der Waals surface area contributed by atoms with Crippen molar-refractivity contribution in [2.75, 3.05) is 45.9 Å². The molecule has 0 radical (unpaired) electrons. The molecule has 32 nitrogen and oxygen atoms in total. The summed E-state index contributed by atoms with van der Waals surface area (Å²) in [4.78, 5) is 126. The van der Waals surface area contributed by atoms with Gasteiger partial charge in [-0.1, -0.05) is 0 Å². The van der Waals surface area contributed by atoms with Crippen molar-refractivity contribution < 1.29 is 68.7 Å². The van der Waals surface area contributed by atoms with Crippen LogP contribution in [0.3, 0.4) is 0 Å². The van der Waals surface area contributed by atoms with Gasteiger partial charge in [-0.05, 0) is 52.4 Å². The Hall–Kier alpha value is -7.16. The topological polar surface area (TPSA) is 570 Å². The van der Waals surface area contributed by atoms with Crippen LogP contribution >= 0.6 is 0 Å². The number of amides is 8. The Kier molecular flexibility index (Phi) is 29.1. The number of aliphatic hydroxyl groups is 4. The molecule has 0 heterocycles. The molecule has 0 fully saturated rings. The van der Waals surface area contributed by atoms with Crippen LogP contribution < -0.4 is 82.7 Å². The zero-order valence-corrected chi connectivity index (χ0v) is 37.7. The first-order chi connectivity index (χ1) is 31.8. The Labute approximate surface area is 389 Å². The molecular formula is C36H68N18O14. The van der Waals surface area contributed by atoms with Gasteiger partial charge >= 0.3 is 5.97 Å². The summed E-state index contributed by atoms with van der Waals surface area (Å²) in [6.45, 7) is -1.26. The maximum absolute atomic E-state index is 13.4. The summed E-state index contributed by atoms with van der Waals surface area (Å²) in [7, 11) is 0. The van der Waals surface area contributed by atoms with Crippen LogP contribution in [0.1, 0.15) is 52.4 Å². The molecule has 32 heteroatoms. The van der Waals surface area contributed by atoms with Crippen LogP contribution in [-0.4, -0.2) is 197 Å². The highest BCUT2D eigenvalue weighted by molar-refractivity contribution is 5.97. The largest absolute Gasteiger partial charge is 0.480 e. The number of nitrogens with one attached hydrogen (secondary N) is 8. The van der Waals surface area contributed by atoms with Crippen molar-refractivity contribution in [2.45, 2.75) is 107 Å². The van der Waals surface area contributed by atoms with Crippen molar-refractivity contribution in [1.29, 1.82) is 0 Å². The molecule has 0 saturated carbocycles. The van der Waals surface area contributed by atoms with Gasteiger partial charge in [-0.25, -0.2) is 4.79 Å². The van der Waals surface area contributed by atoms with E-state index in [0.717, 1.165) is 13.8 Å². The minimum Gasteiger partial charge on any atom is -0.480 e. The molecular weight excluding hydrogens is 909 g/mol. The minimum atomic E-state index is -1.79. The fourth-order valence-corrected chi connectivity index (χ4v) is 5.49. The van der Waals surface area contributed by atoms with Crippen LogP contribution in [0.5, 0.6) is 0 Å². The van der Waals surface area contributed by atoms with Crippen LogP contribution in [0.25, 0.3) is 0 Å². The number of aliphatic imine (C=N–C) groups is 3. The van der Waals surface area contributed by atoms with Gasteiger partial charge in [0.25, 0.3) is 0 Å². The number of hydrogen-bond acceptors (Lipinski definition) is 17. The molecule has 27 N–H and O–H groups in total. The molecule has 386 valence electrons. The molecule has 0 aliphatic carbocycles. The van der Waals surface area contributed by atoms with E-state index < -0.39 is 134 Å². The van der Waals surface area contributed by atoms with Gasteiger partial charge in [-0.15, -0.1) is 0 Å². The Morgan fingerprint density at radius 1 is 0.471 bits per heavy atom. The summed E-state index contributed by atoms with van der Waals surface area (Å²) >= 11 is 0. The van der Waals surface area contributed by atoms with Crippen LogP contribution in [0.2, 0.25) is 0 Å². The van der Waals surface area contributed by atoms with E-state index in [-0.39, 0.29) is 69.6 Å². The van der Waals surface area contributed by atoms with Gasteiger partial charge in [0.1, 0.15) is 36.3 Å². The van der Waals surface area contributed by atoms with Gasteiger partial charge in [0, 0.05) is 19.6 Å². The van der Waals surface area contributed by atoms with Gasteiger partial charge < -0.3 is 108 Å². The first-order valence-electron chi connectivity index (χ1n) is 20.9. The summed E-state index contributed by atoms with van der Waals surface area (Å²) in [5, 5.41) is 67.3. The van der Waals surface area contributed by atoms with Crippen LogP contribution in [-0.2, 0) is 43.2 Å². The molecule has 0 aromatic rings. The number of aliphatic hydroxyl groups excluding tert-OH is 4. The number of carboxylic acids is 1. The number of hydrogen-bond donors (Lipinski definition) is 20. The Morgan fingerprint density at radius 2 is 0.838 bits per heavy atom. The highest BCUT2D eigenvalue weighted by Crippen LogP contribution is 2.05. The number of carboxylic acid groups (broad SMARTS) is 1. The number of carbonyl (C=O) groups excluding carboxylic acids is 8. The molecule has 8 amide bonds. The monoisotopic (exact) mass is 977 g/mol. The number of carbonyl (C=O) groups is 9. The lowest BCUT2D eigenvalue weighted by atomic mass is 10.1. The molecule has 0 aliphatic heterocycles. The molecule has 68 heavy (non-hydrogen) atoms. The quantitative estimate of drug-likeness (QED) is 0.0165. The molecule has 0 saturated heterocycles. The first kappa shape index (κ1) is 60.8. The number of rotatable bonds is 33. The second-order valence-electron chi connectivity index (χ2n) is 14.9. The number of nitrogens with two attached hydrogens (primary N) is 7. The van der Waals surface area contributed by atoms with E-state index in [1.165, 1.54) is 0 Å². The Morgan fingerprint density at radius 3 is 1.28 bits per heavy atom. The van der Waals surface area contributed by atoms with Gasteiger partial charge in [0.15, 0.2) is 17.9 Å². The third kappa shape index (κ3) is 25.5. The van der Waals surface area contributed by atoms with E-state index in [9.17, 15) is 68.7 Å². The lowest BCUT2D eigenvalue weighted by Crippen LogP contribution is -2.60. The summed E-state index contributed by atoms with van der Waals surface area (Å²) in [6.07, 6.45) is -2.84. The van der Waals surface area contributed by atoms with E-state index in [2.05, 4.69) is 57.5 Å². The molecule has 0 aliphatic rings. The predicted octanol–water partition coefficient (Wildman–Crippen LogP) is -11.6. The average Bonchev–Trinajstić information content (AvgIpc) is 3.26. The molecule has 0 aromatic carbocycles. The smallest absolute Gasteiger partial charge is 0.326 e. The number of nitrogens with zero attached hydrogens (tertiary/aromatic N) is 3. The molecule has 0 spiro atoms. The van der Waals surface area contributed by atoms with Crippen molar-refractivity contribution in [2.24, 2.45) is 55.1 Å².